The maximum atomic E-state index is 6.03. The van der Waals surface area contributed by atoms with Crippen molar-refractivity contribution in [2.45, 2.75) is 52.6 Å². The lowest BCUT2D eigenvalue weighted by Crippen LogP contribution is -2.09. The summed E-state index contributed by atoms with van der Waals surface area (Å²) in [6.07, 6.45) is 2.09. The van der Waals surface area contributed by atoms with Crippen LogP contribution in [0, 0.1) is 11.8 Å². The average molecular weight is 405 g/mol. The predicted octanol–water partition coefficient (Wildman–Crippen LogP) is 5.74. The Morgan fingerprint density at radius 1 is 0.667 bits per heavy atom. The molecule has 2 atom stereocenters. The molecule has 2 aromatic rings. The zero-order valence-electron chi connectivity index (χ0n) is 18.5. The van der Waals surface area contributed by atoms with Crippen molar-refractivity contribution in [3.63, 3.8) is 0 Å². The molecule has 4 rings (SSSR count). The van der Waals surface area contributed by atoms with Crippen molar-refractivity contribution < 1.29 is 9.47 Å². The third kappa shape index (κ3) is 4.58. The first-order valence-corrected chi connectivity index (χ1v) is 11.1. The number of rotatable bonds is 7. The summed E-state index contributed by atoms with van der Waals surface area (Å²) in [5, 5.41) is 0. The standard InChI is InChI=1S/C26H32N2O2/c1-17(2)13-19-15-29-25(27-19)23-11-7-5-9-21(23)22-10-6-8-12-24(22)26-28-20(16-30-26)14-18(3)4/h5-12,17-20H,13-16H2,1-4H3/t19-,20-/m0/s1. The van der Waals surface area contributed by atoms with Crippen molar-refractivity contribution in [1.82, 2.24) is 0 Å². The largest absolute Gasteiger partial charge is 0.475 e. The van der Waals surface area contributed by atoms with Crippen LogP contribution in [0.4, 0.5) is 0 Å². The van der Waals surface area contributed by atoms with Gasteiger partial charge >= 0.3 is 0 Å². The van der Waals surface area contributed by atoms with Crippen molar-refractivity contribution >= 4 is 11.8 Å². The normalized spacial score (nSPS) is 20.9. The molecule has 0 aliphatic carbocycles. The van der Waals surface area contributed by atoms with Gasteiger partial charge in [-0.15, -0.1) is 0 Å². The first kappa shape index (κ1) is 20.6. The molecule has 0 saturated heterocycles. The molecule has 4 heteroatoms. The van der Waals surface area contributed by atoms with E-state index >= 15 is 0 Å². The van der Waals surface area contributed by atoms with Gasteiger partial charge in [0.15, 0.2) is 0 Å². The second kappa shape index (κ2) is 9.03. The molecule has 2 aromatic carbocycles. The van der Waals surface area contributed by atoms with Crippen molar-refractivity contribution in [1.29, 1.82) is 0 Å². The van der Waals surface area contributed by atoms with E-state index in [9.17, 15) is 0 Å². The topological polar surface area (TPSA) is 43.2 Å². The fraction of sp³-hybridized carbons (Fsp3) is 0.462. The summed E-state index contributed by atoms with van der Waals surface area (Å²) >= 11 is 0. The van der Waals surface area contributed by atoms with Gasteiger partial charge in [0.25, 0.3) is 0 Å². The molecule has 2 heterocycles. The maximum Gasteiger partial charge on any atom is 0.217 e. The van der Waals surface area contributed by atoms with Gasteiger partial charge in [-0.3, -0.25) is 0 Å². The van der Waals surface area contributed by atoms with Crippen LogP contribution in [0.25, 0.3) is 11.1 Å². The molecule has 0 saturated carbocycles. The summed E-state index contributed by atoms with van der Waals surface area (Å²) in [6.45, 7) is 10.2. The van der Waals surface area contributed by atoms with E-state index in [1.54, 1.807) is 0 Å². The van der Waals surface area contributed by atoms with Crippen LogP contribution in [0.1, 0.15) is 51.7 Å². The molecule has 0 amide bonds. The van der Waals surface area contributed by atoms with E-state index in [1.165, 1.54) is 0 Å². The molecule has 0 aromatic heterocycles. The van der Waals surface area contributed by atoms with Gasteiger partial charge in [-0.1, -0.05) is 64.1 Å². The molecule has 2 aliphatic rings. The highest BCUT2D eigenvalue weighted by molar-refractivity contribution is 6.07. The predicted molar refractivity (Wildman–Crippen MR) is 123 cm³/mol. The van der Waals surface area contributed by atoms with Gasteiger partial charge in [-0.25, -0.2) is 9.98 Å². The van der Waals surface area contributed by atoms with Crippen LogP contribution < -0.4 is 0 Å². The Kier molecular flexibility index (Phi) is 6.21. The van der Waals surface area contributed by atoms with E-state index in [0.29, 0.717) is 25.0 Å². The quantitative estimate of drug-likeness (QED) is 0.591. The molecule has 0 unspecified atom stereocenters. The van der Waals surface area contributed by atoms with Crippen molar-refractivity contribution in [2.24, 2.45) is 21.8 Å². The van der Waals surface area contributed by atoms with Gasteiger partial charge < -0.3 is 9.47 Å². The number of benzene rings is 2. The lowest BCUT2D eigenvalue weighted by atomic mass is 9.95. The minimum Gasteiger partial charge on any atom is -0.475 e. The first-order valence-electron chi connectivity index (χ1n) is 11.1. The molecule has 30 heavy (non-hydrogen) atoms. The Morgan fingerprint density at radius 2 is 1.03 bits per heavy atom. The van der Waals surface area contributed by atoms with Gasteiger partial charge in [0.1, 0.15) is 13.2 Å². The molecule has 0 spiro atoms. The van der Waals surface area contributed by atoms with Crippen LogP contribution in [-0.2, 0) is 9.47 Å². The van der Waals surface area contributed by atoms with E-state index in [0.717, 1.165) is 46.9 Å². The van der Waals surface area contributed by atoms with Gasteiger partial charge in [-0.05, 0) is 47.9 Å². The Morgan fingerprint density at radius 3 is 1.40 bits per heavy atom. The highest BCUT2D eigenvalue weighted by atomic mass is 16.5. The van der Waals surface area contributed by atoms with Gasteiger partial charge in [0, 0.05) is 11.1 Å². The molecule has 0 radical (unpaired) electrons. The highest BCUT2D eigenvalue weighted by Crippen LogP contribution is 2.31. The highest BCUT2D eigenvalue weighted by Gasteiger charge is 2.26. The van der Waals surface area contributed by atoms with Crippen LogP contribution in [0.3, 0.4) is 0 Å². The fourth-order valence-electron chi connectivity index (χ4n) is 4.26. The third-order valence-corrected chi connectivity index (χ3v) is 5.52. The van der Waals surface area contributed by atoms with E-state index in [-0.39, 0.29) is 12.1 Å². The monoisotopic (exact) mass is 404 g/mol. The number of nitrogens with zero attached hydrogens (tertiary/aromatic N) is 2. The zero-order chi connectivity index (χ0) is 21.1. The number of hydrogen-bond acceptors (Lipinski definition) is 4. The average Bonchev–Trinajstić information content (AvgIpc) is 3.37. The SMILES string of the molecule is CC(C)C[C@H]1COC(c2ccccc2-c2ccccc2C2=N[C@@H](CC(C)C)CO2)=N1. The van der Waals surface area contributed by atoms with Crippen molar-refractivity contribution in [3.05, 3.63) is 59.7 Å². The second-order valence-corrected chi connectivity index (χ2v) is 9.15. The lowest BCUT2D eigenvalue weighted by Gasteiger charge is -2.13. The Hall–Kier alpha value is -2.62. The van der Waals surface area contributed by atoms with E-state index < -0.39 is 0 Å². The number of ether oxygens (including phenoxy) is 2. The Labute approximate surface area is 180 Å². The number of hydrogen-bond donors (Lipinski definition) is 0. The molecule has 0 bridgehead atoms. The Balaban J connectivity index is 1.69. The van der Waals surface area contributed by atoms with Crippen molar-refractivity contribution in [2.75, 3.05) is 13.2 Å². The summed E-state index contributed by atoms with van der Waals surface area (Å²) in [7, 11) is 0. The minimum atomic E-state index is 0.239. The summed E-state index contributed by atoms with van der Waals surface area (Å²) in [4.78, 5) is 9.78. The summed E-state index contributed by atoms with van der Waals surface area (Å²) < 4.78 is 12.1. The van der Waals surface area contributed by atoms with Crippen LogP contribution in [0.2, 0.25) is 0 Å². The smallest absolute Gasteiger partial charge is 0.217 e. The van der Waals surface area contributed by atoms with Crippen molar-refractivity contribution in [3.8, 4) is 11.1 Å². The first-order chi connectivity index (χ1) is 14.5. The van der Waals surface area contributed by atoms with Crippen LogP contribution in [0.5, 0.6) is 0 Å². The third-order valence-electron chi connectivity index (χ3n) is 5.52. The maximum absolute atomic E-state index is 6.03. The number of aliphatic imine (C=N–C) groups is 2. The molecular formula is C26H32N2O2. The molecule has 158 valence electrons. The minimum absolute atomic E-state index is 0.239. The van der Waals surface area contributed by atoms with Gasteiger partial charge in [-0.2, -0.15) is 0 Å². The summed E-state index contributed by atoms with van der Waals surface area (Å²) in [6, 6.07) is 17.2. The zero-order valence-corrected chi connectivity index (χ0v) is 18.5. The van der Waals surface area contributed by atoms with E-state index in [1.807, 2.05) is 12.1 Å². The molecule has 2 aliphatic heterocycles. The summed E-state index contributed by atoms with van der Waals surface area (Å²) in [5.74, 6) is 2.71. The van der Waals surface area contributed by atoms with E-state index in [4.69, 9.17) is 19.5 Å². The second-order valence-electron chi connectivity index (χ2n) is 9.15. The molecule has 0 fully saturated rings. The Bertz CT molecular complexity index is 868. The van der Waals surface area contributed by atoms with Gasteiger partial charge in [0.05, 0.1) is 12.1 Å². The van der Waals surface area contributed by atoms with Gasteiger partial charge in [0.2, 0.25) is 11.8 Å². The fourth-order valence-corrected chi connectivity index (χ4v) is 4.26. The molecular weight excluding hydrogens is 372 g/mol. The van der Waals surface area contributed by atoms with Crippen LogP contribution in [0.15, 0.2) is 58.5 Å². The molecule has 4 nitrogen and oxygen atoms in total. The van der Waals surface area contributed by atoms with Crippen LogP contribution >= 0.6 is 0 Å². The lowest BCUT2D eigenvalue weighted by molar-refractivity contribution is 0.301. The summed E-state index contributed by atoms with van der Waals surface area (Å²) in [5.41, 5.74) is 4.29. The van der Waals surface area contributed by atoms with Crippen LogP contribution in [-0.4, -0.2) is 37.1 Å². The molecule has 0 N–H and O–H groups in total. The van der Waals surface area contributed by atoms with E-state index in [2.05, 4.69) is 64.1 Å².